The first-order chi connectivity index (χ1) is 10.7. The Morgan fingerprint density at radius 3 is 2.68 bits per heavy atom. The van der Waals surface area contributed by atoms with E-state index in [0.717, 1.165) is 12.8 Å². The molecule has 1 unspecified atom stereocenters. The Kier molecular flexibility index (Phi) is 5.00. The van der Waals surface area contributed by atoms with E-state index in [1.165, 1.54) is 11.3 Å². The molecule has 120 valence electrons. The second kappa shape index (κ2) is 6.98. The minimum absolute atomic E-state index is 0.00556. The van der Waals surface area contributed by atoms with Gasteiger partial charge in [0.2, 0.25) is 5.91 Å². The van der Waals surface area contributed by atoms with Gasteiger partial charge in [0.1, 0.15) is 4.88 Å². The third-order valence-electron chi connectivity index (χ3n) is 4.19. The summed E-state index contributed by atoms with van der Waals surface area (Å²) in [5.74, 6) is 0.133. The number of rotatable bonds is 2. The van der Waals surface area contributed by atoms with Crippen LogP contribution in [0.15, 0.2) is 11.4 Å². The highest BCUT2D eigenvalue weighted by Crippen LogP contribution is 2.24. The molecule has 0 radical (unpaired) electrons. The van der Waals surface area contributed by atoms with E-state index in [9.17, 15) is 9.59 Å². The SMILES string of the molecule is O=C(c1sccc1Cl)N1CCCN(C(=O)C2CCOC2)CC1. The number of hydrogen-bond donors (Lipinski definition) is 0. The second-order valence-electron chi connectivity index (χ2n) is 5.63. The molecule has 2 saturated heterocycles. The molecule has 2 aliphatic rings. The molecule has 22 heavy (non-hydrogen) atoms. The summed E-state index contributed by atoms with van der Waals surface area (Å²) >= 11 is 7.41. The molecule has 2 fully saturated rings. The average molecular weight is 343 g/mol. The van der Waals surface area contributed by atoms with Gasteiger partial charge in [-0.15, -0.1) is 11.3 Å². The molecule has 5 nitrogen and oxygen atoms in total. The first-order valence-electron chi connectivity index (χ1n) is 7.55. The summed E-state index contributed by atoms with van der Waals surface area (Å²) in [6.45, 7) is 3.72. The van der Waals surface area contributed by atoms with Gasteiger partial charge in [-0.25, -0.2) is 0 Å². The van der Waals surface area contributed by atoms with Crippen molar-refractivity contribution in [1.82, 2.24) is 9.80 Å². The molecule has 0 saturated carbocycles. The van der Waals surface area contributed by atoms with E-state index in [1.807, 2.05) is 10.3 Å². The highest BCUT2D eigenvalue weighted by molar-refractivity contribution is 7.12. The van der Waals surface area contributed by atoms with Crippen molar-refractivity contribution in [3.8, 4) is 0 Å². The van der Waals surface area contributed by atoms with Crippen molar-refractivity contribution in [2.24, 2.45) is 5.92 Å². The molecule has 0 aliphatic carbocycles. The molecular weight excluding hydrogens is 324 g/mol. The van der Waals surface area contributed by atoms with Gasteiger partial charge >= 0.3 is 0 Å². The molecule has 0 spiro atoms. The lowest BCUT2D eigenvalue weighted by Gasteiger charge is -2.24. The van der Waals surface area contributed by atoms with E-state index >= 15 is 0 Å². The maximum absolute atomic E-state index is 12.5. The molecule has 1 aromatic rings. The van der Waals surface area contributed by atoms with Gasteiger partial charge in [-0.3, -0.25) is 9.59 Å². The number of thiophene rings is 1. The van der Waals surface area contributed by atoms with Crippen molar-refractivity contribution in [2.45, 2.75) is 12.8 Å². The van der Waals surface area contributed by atoms with Crippen LogP contribution in [0.25, 0.3) is 0 Å². The molecule has 3 heterocycles. The third kappa shape index (κ3) is 3.29. The van der Waals surface area contributed by atoms with Crippen LogP contribution in [0.3, 0.4) is 0 Å². The lowest BCUT2D eigenvalue weighted by molar-refractivity contribution is -0.135. The lowest BCUT2D eigenvalue weighted by atomic mass is 10.1. The van der Waals surface area contributed by atoms with Crippen LogP contribution >= 0.6 is 22.9 Å². The van der Waals surface area contributed by atoms with Crippen LogP contribution in [-0.2, 0) is 9.53 Å². The molecule has 2 amide bonds. The summed E-state index contributed by atoms with van der Waals surface area (Å²) in [5, 5.41) is 2.33. The van der Waals surface area contributed by atoms with Crippen LogP contribution in [0.1, 0.15) is 22.5 Å². The van der Waals surface area contributed by atoms with Gasteiger partial charge in [-0.2, -0.15) is 0 Å². The maximum Gasteiger partial charge on any atom is 0.265 e. The van der Waals surface area contributed by atoms with E-state index in [4.69, 9.17) is 16.3 Å². The van der Waals surface area contributed by atoms with Gasteiger partial charge in [0.25, 0.3) is 5.91 Å². The first kappa shape index (κ1) is 15.8. The zero-order valence-electron chi connectivity index (χ0n) is 12.3. The Morgan fingerprint density at radius 2 is 2.00 bits per heavy atom. The molecule has 7 heteroatoms. The molecular formula is C15H19ClN2O3S. The Balaban J connectivity index is 1.61. The summed E-state index contributed by atoms with van der Waals surface area (Å²) in [7, 11) is 0. The Labute approximate surface area is 138 Å². The van der Waals surface area contributed by atoms with Crippen LogP contribution in [0, 0.1) is 5.92 Å². The van der Waals surface area contributed by atoms with Crippen molar-refractivity contribution >= 4 is 34.8 Å². The van der Waals surface area contributed by atoms with Crippen LogP contribution in [0.5, 0.6) is 0 Å². The minimum Gasteiger partial charge on any atom is -0.381 e. The minimum atomic E-state index is -0.0292. The Hall–Kier alpha value is -1.11. The third-order valence-corrected chi connectivity index (χ3v) is 5.51. The van der Waals surface area contributed by atoms with Gasteiger partial charge in [-0.1, -0.05) is 11.6 Å². The van der Waals surface area contributed by atoms with Gasteiger partial charge in [-0.05, 0) is 24.3 Å². The molecule has 2 aliphatic heterocycles. The zero-order valence-corrected chi connectivity index (χ0v) is 13.9. The van der Waals surface area contributed by atoms with Crippen molar-refractivity contribution in [3.05, 3.63) is 21.3 Å². The van der Waals surface area contributed by atoms with Crippen molar-refractivity contribution in [2.75, 3.05) is 39.4 Å². The maximum atomic E-state index is 12.5. The quantitative estimate of drug-likeness (QED) is 0.827. The normalized spacial score (nSPS) is 22.7. The smallest absolute Gasteiger partial charge is 0.265 e. The average Bonchev–Trinajstić information content (AvgIpc) is 3.12. The fraction of sp³-hybridized carbons (Fsp3) is 0.600. The first-order valence-corrected chi connectivity index (χ1v) is 8.81. The van der Waals surface area contributed by atoms with Gasteiger partial charge in [0, 0.05) is 32.8 Å². The highest BCUT2D eigenvalue weighted by atomic mass is 35.5. The topological polar surface area (TPSA) is 49.9 Å². The summed E-state index contributed by atoms with van der Waals surface area (Å²) in [6.07, 6.45) is 1.61. The highest BCUT2D eigenvalue weighted by Gasteiger charge is 2.30. The van der Waals surface area contributed by atoms with E-state index < -0.39 is 0 Å². The fourth-order valence-electron chi connectivity index (χ4n) is 2.92. The van der Waals surface area contributed by atoms with Gasteiger partial charge in [0.05, 0.1) is 17.5 Å². The van der Waals surface area contributed by atoms with E-state index in [0.29, 0.717) is 49.3 Å². The number of halogens is 1. The number of hydrogen-bond acceptors (Lipinski definition) is 4. The molecule has 1 atom stereocenters. The molecule has 0 aromatic carbocycles. The standard InChI is InChI=1S/C15H19ClN2O3S/c16-12-3-9-22-13(12)15(20)18-5-1-4-17(6-7-18)14(19)11-2-8-21-10-11/h3,9,11H,1-2,4-8,10H2. The van der Waals surface area contributed by atoms with Crippen molar-refractivity contribution in [3.63, 3.8) is 0 Å². The van der Waals surface area contributed by atoms with Gasteiger partial charge in [0.15, 0.2) is 0 Å². The number of amides is 2. The van der Waals surface area contributed by atoms with Gasteiger partial charge < -0.3 is 14.5 Å². The fourth-order valence-corrected chi connectivity index (χ4v) is 4.02. The second-order valence-corrected chi connectivity index (χ2v) is 6.95. The van der Waals surface area contributed by atoms with Crippen LogP contribution in [0.4, 0.5) is 0 Å². The van der Waals surface area contributed by atoms with Crippen LogP contribution in [0.2, 0.25) is 5.02 Å². The van der Waals surface area contributed by atoms with E-state index in [1.54, 1.807) is 11.0 Å². The number of nitrogens with zero attached hydrogens (tertiary/aromatic N) is 2. The summed E-state index contributed by atoms with van der Waals surface area (Å²) in [4.78, 5) is 29.2. The largest absolute Gasteiger partial charge is 0.381 e. The number of carbonyl (C=O) groups excluding carboxylic acids is 2. The van der Waals surface area contributed by atoms with E-state index in [2.05, 4.69) is 0 Å². The number of ether oxygens (including phenoxy) is 1. The van der Waals surface area contributed by atoms with Crippen LogP contribution < -0.4 is 0 Å². The van der Waals surface area contributed by atoms with Crippen LogP contribution in [-0.4, -0.2) is 61.0 Å². The molecule has 0 bridgehead atoms. The molecule has 1 aromatic heterocycles. The van der Waals surface area contributed by atoms with E-state index in [-0.39, 0.29) is 17.7 Å². The number of carbonyl (C=O) groups is 2. The predicted octanol–water partition coefficient (Wildman–Crippen LogP) is 2.11. The van der Waals surface area contributed by atoms with Crippen molar-refractivity contribution in [1.29, 1.82) is 0 Å². The predicted molar refractivity (Wildman–Crippen MR) is 85.4 cm³/mol. The monoisotopic (exact) mass is 342 g/mol. The lowest BCUT2D eigenvalue weighted by Crippen LogP contribution is -2.40. The Bertz CT molecular complexity index is 557. The summed E-state index contributed by atoms with van der Waals surface area (Å²) in [5.41, 5.74) is 0. The van der Waals surface area contributed by atoms with Crippen molar-refractivity contribution < 1.29 is 14.3 Å². The zero-order chi connectivity index (χ0) is 15.5. The molecule has 0 N–H and O–H groups in total. The Morgan fingerprint density at radius 1 is 1.23 bits per heavy atom. The molecule has 3 rings (SSSR count). The summed E-state index contributed by atoms with van der Waals surface area (Å²) in [6, 6.07) is 1.74. The summed E-state index contributed by atoms with van der Waals surface area (Å²) < 4.78 is 5.30.